The van der Waals surface area contributed by atoms with Gasteiger partial charge < -0.3 is 19.0 Å². The molecular formula is C25H21BrN2O6S. The number of nitrogens with one attached hydrogen (secondary N) is 1. The Labute approximate surface area is 212 Å². The van der Waals surface area contributed by atoms with E-state index in [0.29, 0.717) is 17.0 Å². The Kier molecular flexibility index (Phi) is 8.52. The summed E-state index contributed by atoms with van der Waals surface area (Å²) in [6.45, 7) is 1.96. The van der Waals surface area contributed by atoms with Gasteiger partial charge in [-0.15, -0.1) is 0 Å². The number of carbonyl (C=O) groups is 1. The third-order valence-corrected chi connectivity index (χ3v) is 6.41. The maximum Gasteiger partial charge on any atom is 0.339 e. The Morgan fingerprint density at radius 1 is 1.11 bits per heavy atom. The van der Waals surface area contributed by atoms with Gasteiger partial charge in [0.15, 0.2) is 11.5 Å². The van der Waals surface area contributed by atoms with Gasteiger partial charge in [0.2, 0.25) is 0 Å². The lowest BCUT2D eigenvalue weighted by molar-refractivity contribution is -0.112. The minimum atomic E-state index is -4.12. The van der Waals surface area contributed by atoms with Crippen LogP contribution in [0.5, 0.6) is 17.2 Å². The number of methoxy groups -OCH3 is 1. The number of anilines is 1. The van der Waals surface area contributed by atoms with Crippen molar-refractivity contribution in [3.63, 3.8) is 0 Å². The molecule has 35 heavy (non-hydrogen) atoms. The number of amides is 1. The molecule has 10 heteroatoms. The monoisotopic (exact) mass is 556 g/mol. The molecule has 0 bridgehead atoms. The maximum atomic E-state index is 12.7. The van der Waals surface area contributed by atoms with E-state index in [-0.39, 0.29) is 33.0 Å². The van der Waals surface area contributed by atoms with Crippen molar-refractivity contribution in [2.24, 2.45) is 0 Å². The van der Waals surface area contributed by atoms with Crippen LogP contribution >= 0.6 is 15.9 Å². The predicted molar refractivity (Wildman–Crippen MR) is 135 cm³/mol. The Balaban J connectivity index is 1.91. The Bertz CT molecular complexity index is 1380. The summed E-state index contributed by atoms with van der Waals surface area (Å²) in [5.41, 5.74) is 0.745. The van der Waals surface area contributed by atoms with Crippen molar-refractivity contribution in [2.75, 3.05) is 19.0 Å². The number of halogens is 1. The number of hydrogen-bond donors (Lipinski definition) is 1. The molecule has 0 aromatic heterocycles. The molecule has 0 radical (unpaired) electrons. The summed E-state index contributed by atoms with van der Waals surface area (Å²) in [5, 5.41) is 12.2. The van der Waals surface area contributed by atoms with Gasteiger partial charge in [0, 0.05) is 5.69 Å². The normalized spacial score (nSPS) is 11.3. The summed E-state index contributed by atoms with van der Waals surface area (Å²) in [5.74, 6) is 0.0946. The van der Waals surface area contributed by atoms with E-state index in [1.807, 2.05) is 6.07 Å². The van der Waals surface area contributed by atoms with Gasteiger partial charge in [0.25, 0.3) is 5.91 Å². The van der Waals surface area contributed by atoms with Crippen molar-refractivity contribution in [1.29, 1.82) is 5.26 Å². The van der Waals surface area contributed by atoms with Crippen LogP contribution in [0.3, 0.4) is 0 Å². The molecule has 3 aromatic carbocycles. The first-order chi connectivity index (χ1) is 16.8. The molecule has 0 atom stereocenters. The van der Waals surface area contributed by atoms with E-state index in [2.05, 4.69) is 21.2 Å². The minimum Gasteiger partial charge on any atom is -0.497 e. The number of hydrogen-bond acceptors (Lipinski definition) is 7. The van der Waals surface area contributed by atoms with Crippen LogP contribution in [0.2, 0.25) is 0 Å². The predicted octanol–water partition coefficient (Wildman–Crippen LogP) is 5.17. The van der Waals surface area contributed by atoms with E-state index < -0.39 is 16.0 Å². The molecule has 0 aliphatic heterocycles. The second-order valence-corrected chi connectivity index (χ2v) is 9.37. The van der Waals surface area contributed by atoms with Crippen molar-refractivity contribution in [1.82, 2.24) is 0 Å². The summed E-state index contributed by atoms with van der Waals surface area (Å²) >= 11 is 3.32. The zero-order chi connectivity index (χ0) is 25.4. The summed E-state index contributed by atoms with van der Waals surface area (Å²) in [6.07, 6.45) is 1.36. The average Bonchev–Trinajstić information content (AvgIpc) is 2.85. The van der Waals surface area contributed by atoms with Crippen molar-refractivity contribution in [2.45, 2.75) is 11.8 Å². The summed E-state index contributed by atoms with van der Waals surface area (Å²) in [7, 11) is -2.59. The zero-order valence-electron chi connectivity index (χ0n) is 18.8. The number of carbonyl (C=O) groups excluding carboxylic acids is 1. The molecule has 0 unspecified atom stereocenters. The standard InChI is InChI=1S/C25H21BrN2O6S/c1-3-33-23-15-17(13-18(16-27)25(29)28-19-9-11-20(32-2)12-10-19)14-22(26)24(23)34-35(30,31)21-7-5-4-6-8-21/h4-15H,3H2,1-2H3,(H,28,29)/b18-13+. The molecular weight excluding hydrogens is 536 g/mol. The number of nitriles is 1. The number of ether oxygens (including phenoxy) is 2. The van der Waals surface area contributed by atoms with Gasteiger partial charge in [-0.1, -0.05) is 18.2 Å². The van der Waals surface area contributed by atoms with E-state index in [0.717, 1.165) is 0 Å². The number of rotatable bonds is 9. The van der Waals surface area contributed by atoms with Gasteiger partial charge in [-0.25, -0.2) is 0 Å². The van der Waals surface area contributed by atoms with Crippen LogP contribution in [0.15, 0.2) is 81.7 Å². The lowest BCUT2D eigenvalue weighted by atomic mass is 10.1. The molecule has 0 saturated heterocycles. The van der Waals surface area contributed by atoms with Gasteiger partial charge in [-0.05, 0) is 83.0 Å². The Morgan fingerprint density at radius 3 is 2.40 bits per heavy atom. The molecule has 0 spiro atoms. The molecule has 8 nitrogen and oxygen atoms in total. The van der Waals surface area contributed by atoms with Gasteiger partial charge in [-0.2, -0.15) is 13.7 Å². The maximum absolute atomic E-state index is 12.7. The van der Waals surface area contributed by atoms with Crippen molar-refractivity contribution in [3.8, 4) is 23.3 Å². The van der Waals surface area contributed by atoms with Crippen LogP contribution in [0, 0.1) is 11.3 Å². The SMILES string of the molecule is CCOc1cc(/C=C(\C#N)C(=O)Nc2ccc(OC)cc2)cc(Br)c1OS(=O)(=O)c1ccccc1. The molecule has 0 saturated carbocycles. The van der Waals surface area contributed by atoms with Crippen LogP contribution < -0.4 is 19.0 Å². The summed E-state index contributed by atoms with van der Waals surface area (Å²) < 4.78 is 41.7. The van der Waals surface area contributed by atoms with Crippen LogP contribution in [0.25, 0.3) is 6.08 Å². The molecule has 0 aliphatic rings. The number of benzene rings is 3. The molecule has 180 valence electrons. The molecule has 1 amide bonds. The van der Waals surface area contributed by atoms with Gasteiger partial charge in [0.05, 0.1) is 18.2 Å². The zero-order valence-corrected chi connectivity index (χ0v) is 21.2. The Morgan fingerprint density at radius 2 is 1.80 bits per heavy atom. The number of nitrogens with zero attached hydrogens (tertiary/aromatic N) is 1. The van der Waals surface area contributed by atoms with Crippen LogP contribution in [-0.4, -0.2) is 28.0 Å². The first-order valence-electron chi connectivity index (χ1n) is 10.3. The second-order valence-electron chi connectivity index (χ2n) is 6.97. The van der Waals surface area contributed by atoms with Crippen molar-refractivity contribution < 1.29 is 26.9 Å². The molecule has 3 rings (SSSR count). The second kappa shape index (κ2) is 11.6. The van der Waals surface area contributed by atoms with Crippen molar-refractivity contribution >= 4 is 43.7 Å². The third kappa shape index (κ3) is 6.62. The fourth-order valence-electron chi connectivity index (χ4n) is 2.95. The largest absolute Gasteiger partial charge is 0.497 e. The quantitative estimate of drug-likeness (QED) is 0.219. The molecule has 0 fully saturated rings. The first kappa shape index (κ1) is 25.8. The van der Waals surface area contributed by atoms with E-state index in [1.165, 1.54) is 37.5 Å². The van der Waals surface area contributed by atoms with Crippen LogP contribution in [-0.2, 0) is 14.9 Å². The lowest BCUT2D eigenvalue weighted by Gasteiger charge is -2.14. The van der Waals surface area contributed by atoms with Gasteiger partial charge in [0.1, 0.15) is 22.3 Å². The molecule has 3 aromatic rings. The highest BCUT2D eigenvalue weighted by molar-refractivity contribution is 9.10. The summed E-state index contributed by atoms with van der Waals surface area (Å²) in [4.78, 5) is 12.6. The average molecular weight is 557 g/mol. The summed E-state index contributed by atoms with van der Waals surface area (Å²) in [6, 6.07) is 19.2. The highest BCUT2D eigenvalue weighted by Gasteiger charge is 2.22. The third-order valence-electron chi connectivity index (χ3n) is 4.58. The minimum absolute atomic E-state index is 0.0136. The fourth-order valence-corrected chi connectivity index (χ4v) is 4.57. The van der Waals surface area contributed by atoms with E-state index in [1.54, 1.807) is 49.4 Å². The van der Waals surface area contributed by atoms with Gasteiger partial charge >= 0.3 is 10.1 Å². The van der Waals surface area contributed by atoms with E-state index in [4.69, 9.17) is 13.7 Å². The first-order valence-corrected chi connectivity index (χ1v) is 12.5. The van der Waals surface area contributed by atoms with E-state index in [9.17, 15) is 18.5 Å². The molecule has 1 N–H and O–H groups in total. The highest BCUT2D eigenvalue weighted by Crippen LogP contribution is 2.39. The van der Waals surface area contributed by atoms with Crippen molar-refractivity contribution in [3.05, 3.63) is 82.3 Å². The van der Waals surface area contributed by atoms with Gasteiger partial charge in [-0.3, -0.25) is 4.79 Å². The topological polar surface area (TPSA) is 115 Å². The van der Waals surface area contributed by atoms with Crippen LogP contribution in [0.4, 0.5) is 5.69 Å². The Hall–Kier alpha value is -3.81. The fraction of sp³-hybridized carbons (Fsp3) is 0.120. The molecule has 0 heterocycles. The smallest absolute Gasteiger partial charge is 0.339 e. The van der Waals surface area contributed by atoms with Crippen LogP contribution in [0.1, 0.15) is 12.5 Å². The highest BCUT2D eigenvalue weighted by atomic mass is 79.9. The molecule has 0 aliphatic carbocycles. The van der Waals surface area contributed by atoms with E-state index >= 15 is 0 Å². The lowest BCUT2D eigenvalue weighted by Crippen LogP contribution is -2.13.